The molecule has 0 aromatic heterocycles. The van der Waals surface area contributed by atoms with Gasteiger partial charge < -0.3 is 14.8 Å². The largest absolute Gasteiger partial charge is 0.485 e. The molecule has 0 amide bonds. The highest BCUT2D eigenvalue weighted by atomic mass is 16.5. The van der Waals surface area contributed by atoms with Crippen molar-refractivity contribution in [2.24, 2.45) is 0 Å². The third-order valence-electron chi connectivity index (χ3n) is 4.43. The SMILES string of the molecule is CCOC1CC2(CCNC2)Oc2cc(C)c(C)cc21. The van der Waals surface area contributed by atoms with Gasteiger partial charge in [-0.2, -0.15) is 0 Å². The van der Waals surface area contributed by atoms with E-state index in [1.165, 1.54) is 16.7 Å². The zero-order valence-electron chi connectivity index (χ0n) is 12.1. The van der Waals surface area contributed by atoms with Crippen molar-refractivity contribution >= 4 is 0 Å². The van der Waals surface area contributed by atoms with Crippen LogP contribution in [0.25, 0.3) is 0 Å². The van der Waals surface area contributed by atoms with Crippen LogP contribution >= 0.6 is 0 Å². The molecule has 1 aromatic rings. The smallest absolute Gasteiger partial charge is 0.126 e. The standard InChI is InChI=1S/C16H23NO2/c1-4-18-15-9-16(5-6-17-10-16)19-14-8-12(3)11(2)7-13(14)15/h7-8,15,17H,4-6,9-10H2,1-3H3. The van der Waals surface area contributed by atoms with E-state index in [1.807, 2.05) is 0 Å². The number of ether oxygens (including phenoxy) is 2. The number of fused-ring (bicyclic) bond motifs is 1. The molecular formula is C16H23NO2. The van der Waals surface area contributed by atoms with E-state index in [9.17, 15) is 0 Å². The molecule has 3 heteroatoms. The lowest BCUT2D eigenvalue weighted by atomic mass is 9.86. The second-order valence-corrected chi connectivity index (χ2v) is 5.83. The second kappa shape index (κ2) is 4.80. The van der Waals surface area contributed by atoms with Crippen LogP contribution in [-0.2, 0) is 4.74 Å². The van der Waals surface area contributed by atoms with Crippen molar-refractivity contribution in [3.8, 4) is 5.75 Å². The Kier molecular flexibility index (Phi) is 3.27. The van der Waals surface area contributed by atoms with Crippen molar-refractivity contribution in [1.29, 1.82) is 0 Å². The first-order chi connectivity index (χ1) is 9.13. The monoisotopic (exact) mass is 261 g/mol. The molecule has 1 aromatic carbocycles. The van der Waals surface area contributed by atoms with Crippen molar-refractivity contribution < 1.29 is 9.47 Å². The van der Waals surface area contributed by atoms with Gasteiger partial charge in [-0.05, 0) is 50.6 Å². The Bertz CT molecular complexity index is 478. The van der Waals surface area contributed by atoms with Crippen molar-refractivity contribution in [3.05, 3.63) is 28.8 Å². The van der Waals surface area contributed by atoms with Gasteiger partial charge in [0.1, 0.15) is 11.4 Å². The van der Waals surface area contributed by atoms with Crippen LogP contribution in [0.5, 0.6) is 5.75 Å². The van der Waals surface area contributed by atoms with Gasteiger partial charge in [0, 0.05) is 31.6 Å². The van der Waals surface area contributed by atoms with E-state index in [1.54, 1.807) is 0 Å². The Labute approximate surface area is 115 Å². The Hall–Kier alpha value is -1.06. The molecule has 1 N–H and O–H groups in total. The van der Waals surface area contributed by atoms with E-state index in [4.69, 9.17) is 9.47 Å². The van der Waals surface area contributed by atoms with Gasteiger partial charge in [0.2, 0.25) is 0 Å². The molecule has 2 heterocycles. The van der Waals surface area contributed by atoms with Gasteiger partial charge >= 0.3 is 0 Å². The molecule has 104 valence electrons. The third-order valence-corrected chi connectivity index (χ3v) is 4.43. The van der Waals surface area contributed by atoms with Gasteiger partial charge in [0.15, 0.2) is 0 Å². The summed E-state index contributed by atoms with van der Waals surface area (Å²) in [6, 6.07) is 4.41. The number of hydrogen-bond acceptors (Lipinski definition) is 3. The number of benzene rings is 1. The lowest BCUT2D eigenvalue weighted by Crippen LogP contribution is -2.43. The van der Waals surface area contributed by atoms with Gasteiger partial charge in [-0.25, -0.2) is 0 Å². The van der Waals surface area contributed by atoms with Crippen LogP contribution < -0.4 is 10.1 Å². The van der Waals surface area contributed by atoms with Gasteiger partial charge in [-0.3, -0.25) is 0 Å². The van der Waals surface area contributed by atoms with Crippen LogP contribution in [0.1, 0.15) is 42.6 Å². The minimum absolute atomic E-state index is 0.0610. The molecule has 0 aliphatic carbocycles. The summed E-state index contributed by atoms with van der Waals surface area (Å²) in [7, 11) is 0. The zero-order chi connectivity index (χ0) is 13.5. The molecule has 1 spiro atoms. The van der Waals surface area contributed by atoms with Gasteiger partial charge in [0.25, 0.3) is 0 Å². The Morgan fingerprint density at radius 3 is 2.84 bits per heavy atom. The zero-order valence-corrected chi connectivity index (χ0v) is 12.1. The maximum Gasteiger partial charge on any atom is 0.126 e. The number of nitrogens with one attached hydrogen (secondary N) is 1. The van der Waals surface area contributed by atoms with E-state index in [0.717, 1.165) is 38.3 Å². The second-order valence-electron chi connectivity index (χ2n) is 5.83. The predicted molar refractivity (Wildman–Crippen MR) is 75.7 cm³/mol. The number of rotatable bonds is 2. The minimum Gasteiger partial charge on any atom is -0.485 e. The van der Waals surface area contributed by atoms with Crippen LogP contribution in [-0.4, -0.2) is 25.3 Å². The summed E-state index contributed by atoms with van der Waals surface area (Å²) in [5.41, 5.74) is 3.76. The number of aryl methyl sites for hydroxylation is 2. The maximum atomic E-state index is 6.35. The molecule has 2 atom stereocenters. The number of hydrogen-bond donors (Lipinski definition) is 1. The summed E-state index contributed by atoms with van der Waals surface area (Å²) in [5, 5.41) is 3.42. The fourth-order valence-corrected chi connectivity index (χ4v) is 3.21. The summed E-state index contributed by atoms with van der Waals surface area (Å²) >= 11 is 0. The normalized spacial score (nSPS) is 29.3. The molecule has 0 saturated carbocycles. The summed E-state index contributed by atoms with van der Waals surface area (Å²) in [4.78, 5) is 0. The van der Waals surface area contributed by atoms with Crippen LogP contribution in [0.15, 0.2) is 12.1 Å². The summed E-state index contributed by atoms with van der Waals surface area (Å²) in [5.74, 6) is 1.02. The van der Waals surface area contributed by atoms with E-state index in [2.05, 4.69) is 38.2 Å². The van der Waals surface area contributed by atoms with E-state index >= 15 is 0 Å². The first-order valence-electron chi connectivity index (χ1n) is 7.26. The molecule has 2 aliphatic heterocycles. The van der Waals surface area contributed by atoms with E-state index in [0.29, 0.717) is 0 Å². The van der Waals surface area contributed by atoms with E-state index < -0.39 is 0 Å². The molecular weight excluding hydrogens is 238 g/mol. The van der Waals surface area contributed by atoms with Crippen molar-refractivity contribution in [2.75, 3.05) is 19.7 Å². The summed E-state index contributed by atoms with van der Waals surface area (Å²) in [6.07, 6.45) is 2.21. The molecule has 3 rings (SSSR count). The topological polar surface area (TPSA) is 30.5 Å². The molecule has 0 radical (unpaired) electrons. The highest BCUT2D eigenvalue weighted by molar-refractivity contribution is 5.45. The lowest BCUT2D eigenvalue weighted by molar-refractivity contribution is -0.0354. The van der Waals surface area contributed by atoms with Crippen LogP contribution in [0.2, 0.25) is 0 Å². The molecule has 0 bridgehead atoms. The van der Waals surface area contributed by atoms with Crippen LogP contribution in [0, 0.1) is 13.8 Å². The highest BCUT2D eigenvalue weighted by Crippen LogP contribution is 2.44. The fraction of sp³-hybridized carbons (Fsp3) is 0.625. The van der Waals surface area contributed by atoms with Gasteiger partial charge in [-0.15, -0.1) is 0 Å². The van der Waals surface area contributed by atoms with Crippen molar-refractivity contribution in [1.82, 2.24) is 5.32 Å². The molecule has 1 saturated heterocycles. The molecule has 3 nitrogen and oxygen atoms in total. The fourth-order valence-electron chi connectivity index (χ4n) is 3.21. The first-order valence-corrected chi connectivity index (χ1v) is 7.26. The molecule has 1 fully saturated rings. The Morgan fingerprint density at radius 1 is 1.37 bits per heavy atom. The quantitative estimate of drug-likeness (QED) is 0.888. The van der Waals surface area contributed by atoms with Crippen molar-refractivity contribution in [3.63, 3.8) is 0 Å². The lowest BCUT2D eigenvalue weighted by Gasteiger charge is -2.39. The Morgan fingerprint density at radius 2 is 2.16 bits per heavy atom. The summed E-state index contributed by atoms with van der Waals surface area (Å²) < 4.78 is 12.3. The predicted octanol–water partition coefficient (Wildman–Crippen LogP) is 2.90. The average Bonchev–Trinajstić information content (AvgIpc) is 2.80. The Balaban J connectivity index is 2.01. The van der Waals surface area contributed by atoms with Gasteiger partial charge in [-0.1, -0.05) is 0 Å². The highest BCUT2D eigenvalue weighted by Gasteiger charge is 2.43. The summed E-state index contributed by atoms with van der Waals surface area (Å²) in [6.45, 7) is 9.08. The third kappa shape index (κ3) is 2.26. The minimum atomic E-state index is -0.0610. The van der Waals surface area contributed by atoms with E-state index in [-0.39, 0.29) is 11.7 Å². The molecule has 19 heavy (non-hydrogen) atoms. The average molecular weight is 261 g/mol. The van der Waals surface area contributed by atoms with Crippen LogP contribution in [0.3, 0.4) is 0 Å². The first kappa shape index (κ1) is 12.9. The van der Waals surface area contributed by atoms with Gasteiger partial charge in [0.05, 0.1) is 6.10 Å². The maximum absolute atomic E-state index is 6.35. The molecule has 2 unspecified atom stereocenters. The molecule has 2 aliphatic rings. The van der Waals surface area contributed by atoms with Crippen LogP contribution in [0.4, 0.5) is 0 Å². The van der Waals surface area contributed by atoms with Crippen molar-refractivity contribution in [2.45, 2.75) is 45.3 Å².